The lowest BCUT2D eigenvalue weighted by Gasteiger charge is -2.31. The van der Waals surface area contributed by atoms with Gasteiger partial charge in [0.2, 0.25) is 17.7 Å². The highest BCUT2D eigenvalue weighted by atomic mass is 16.2. The molecule has 0 aromatic rings. The van der Waals surface area contributed by atoms with E-state index in [2.05, 4.69) is 6.92 Å². The number of hydrogen-bond acceptors (Lipinski definition) is 4. The summed E-state index contributed by atoms with van der Waals surface area (Å²) >= 11 is 0. The number of imide groups is 1. The van der Waals surface area contributed by atoms with Crippen LogP contribution in [0.15, 0.2) is 0 Å². The van der Waals surface area contributed by atoms with E-state index in [1.807, 2.05) is 25.7 Å². The molecule has 2 atom stereocenters. The Labute approximate surface area is 206 Å². The number of unbranched alkanes of at least 4 members (excludes halogenated alkanes) is 3. The summed E-state index contributed by atoms with van der Waals surface area (Å²) in [5.41, 5.74) is -0.187. The van der Waals surface area contributed by atoms with Gasteiger partial charge in [0.15, 0.2) is 0 Å². The third-order valence-electron chi connectivity index (χ3n) is 8.37. The molecule has 1 aliphatic carbocycles. The predicted molar refractivity (Wildman–Crippen MR) is 133 cm³/mol. The lowest BCUT2D eigenvalue weighted by molar-refractivity contribution is -0.141. The van der Waals surface area contributed by atoms with Gasteiger partial charge in [0, 0.05) is 44.8 Å². The second kappa shape index (κ2) is 11.8. The molecule has 6 heteroatoms. The second-order valence-electron chi connectivity index (χ2n) is 12.3. The number of carbonyl (C=O) groups excluding carboxylic acids is 4. The maximum atomic E-state index is 12.7. The van der Waals surface area contributed by atoms with Crippen molar-refractivity contribution in [1.29, 1.82) is 0 Å². The number of rotatable bonds is 10. The number of nitrogens with zero attached hydrogens (tertiary/aromatic N) is 2. The maximum Gasteiger partial charge on any atom is 0.233 e. The summed E-state index contributed by atoms with van der Waals surface area (Å²) in [4.78, 5) is 53.6. The largest absolute Gasteiger partial charge is 0.342 e. The van der Waals surface area contributed by atoms with Crippen molar-refractivity contribution in [2.45, 2.75) is 105 Å². The van der Waals surface area contributed by atoms with Crippen molar-refractivity contribution in [3.05, 3.63) is 0 Å². The van der Waals surface area contributed by atoms with E-state index in [9.17, 15) is 19.2 Å². The summed E-state index contributed by atoms with van der Waals surface area (Å²) in [6, 6.07) is 0. The molecule has 0 spiro atoms. The van der Waals surface area contributed by atoms with Crippen LogP contribution in [0.2, 0.25) is 0 Å². The number of carbonyl (C=O) groups is 4. The van der Waals surface area contributed by atoms with E-state index < -0.39 is 0 Å². The van der Waals surface area contributed by atoms with Gasteiger partial charge in [0.05, 0.1) is 5.92 Å². The van der Waals surface area contributed by atoms with Gasteiger partial charge in [-0.1, -0.05) is 40.5 Å². The molecule has 6 nitrogen and oxygen atoms in total. The Hall–Kier alpha value is -1.72. The number of hydrogen-bond donors (Lipinski definition) is 0. The van der Waals surface area contributed by atoms with Gasteiger partial charge in [-0.05, 0) is 62.2 Å². The molecule has 0 aromatic heterocycles. The van der Waals surface area contributed by atoms with Crippen LogP contribution in [0, 0.1) is 29.1 Å². The van der Waals surface area contributed by atoms with E-state index in [1.165, 1.54) is 4.90 Å². The van der Waals surface area contributed by atoms with Gasteiger partial charge < -0.3 is 4.90 Å². The first-order valence-electron chi connectivity index (χ1n) is 13.7. The smallest absolute Gasteiger partial charge is 0.233 e. The molecule has 2 saturated heterocycles. The number of ketones is 1. The topological polar surface area (TPSA) is 74.8 Å². The Bertz CT molecular complexity index is 748. The Balaban J connectivity index is 1.27. The van der Waals surface area contributed by atoms with Crippen LogP contribution in [0.3, 0.4) is 0 Å². The average molecular weight is 475 g/mol. The quantitative estimate of drug-likeness (QED) is 0.330. The molecule has 1 unspecified atom stereocenters. The fourth-order valence-electron chi connectivity index (χ4n) is 5.93. The van der Waals surface area contributed by atoms with E-state index in [-0.39, 0.29) is 29.1 Å². The van der Waals surface area contributed by atoms with Crippen LogP contribution < -0.4 is 0 Å². The number of likely N-dealkylation sites (tertiary alicyclic amines) is 2. The second-order valence-corrected chi connectivity index (χ2v) is 12.3. The van der Waals surface area contributed by atoms with Crippen LogP contribution in [0.4, 0.5) is 0 Å². The third-order valence-corrected chi connectivity index (χ3v) is 8.37. The van der Waals surface area contributed by atoms with Crippen molar-refractivity contribution in [3.63, 3.8) is 0 Å². The predicted octanol–water partition coefficient (Wildman–Crippen LogP) is 4.99. The average Bonchev–Trinajstić information content (AvgIpc) is 3.34. The fourth-order valence-corrected chi connectivity index (χ4v) is 5.93. The molecule has 0 bridgehead atoms. The van der Waals surface area contributed by atoms with E-state index in [0.717, 1.165) is 70.9 Å². The molecule has 0 radical (unpaired) electrons. The minimum Gasteiger partial charge on any atom is -0.342 e. The fraction of sp³-hybridized carbons (Fsp3) is 0.857. The third kappa shape index (κ3) is 7.14. The monoisotopic (exact) mass is 474 g/mol. The van der Waals surface area contributed by atoms with Crippen molar-refractivity contribution in [2.75, 3.05) is 19.6 Å². The van der Waals surface area contributed by atoms with Gasteiger partial charge in [-0.15, -0.1) is 0 Å². The minimum absolute atomic E-state index is 0.00705. The van der Waals surface area contributed by atoms with Crippen LogP contribution >= 0.6 is 0 Å². The molecular weight excluding hydrogens is 428 g/mol. The van der Waals surface area contributed by atoms with Crippen LogP contribution in [-0.4, -0.2) is 52.9 Å². The van der Waals surface area contributed by atoms with Crippen molar-refractivity contribution in [1.82, 2.24) is 9.80 Å². The lowest BCUT2D eigenvalue weighted by Crippen LogP contribution is -2.38. The van der Waals surface area contributed by atoms with E-state index >= 15 is 0 Å². The van der Waals surface area contributed by atoms with Gasteiger partial charge >= 0.3 is 0 Å². The van der Waals surface area contributed by atoms with Crippen molar-refractivity contribution >= 4 is 23.5 Å². The molecule has 34 heavy (non-hydrogen) atoms. The maximum absolute atomic E-state index is 12.7. The van der Waals surface area contributed by atoms with Gasteiger partial charge in [-0.2, -0.15) is 0 Å². The van der Waals surface area contributed by atoms with Crippen molar-refractivity contribution in [3.8, 4) is 0 Å². The Morgan fingerprint density at radius 3 is 2.12 bits per heavy atom. The molecular formula is C28H46N2O4. The van der Waals surface area contributed by atoms with Crippen molar-refractivity contribution < 1.29 is 19.2 Å². The highest BCUT2D eigenvalue weighted by Gasteiger charge is 2.45. The molecule has 1 saturated carbocycles. The number of Topliss-reactive ketones (excluding diaryl/α,β-unsaturated/α-hetero) is 1. The van der Waals surface area contributed by atoms with Gasteiger partial charge in [-0.25, -0.2) is 0 Å². The molecule has 2 aliphatic heterocycles. The van der Waals surface area contributed by atoms with E-state index in [4.69, 9.17) is 0 Å². The zero-order valence-corrected chi connectivity index (χ0v) is 21.9. The Kier molecular flexibility index (Phi) is 9.34. The summed E-state index contributed by atoms with van der Waals surface area (Å²) in [5.74, 6) is 1.53. The highest BCUT2D eigenvalue weighted by Crippen LogP contribution is 2.37. The van der Waals surface area contributed by atoms with Crippen LogP contribution in [0.25, 0.3) is 0 Å². The minimum atomic E-state index is -0.208. The normalized spacial score (nSPS) is 28.1. The summed E-state index contributed by atoms with van der Waals surface area (Å²) in [6.07, 6.45) is 10.2. The van der Waals surface area contributed by atoms with E-state index in [0.29, 0.717) is 49.3 Å². The Morgan fingerprint density at radius 1 is 0.912 bits per heavy atom. The molecule has 3 rings (SSSR count). The van der Waals surface area contributed by atoms with Gasteiger partial charge in [0.1, 0.15) is 5.78 Å². The van der Waals surface area contributed by atoms with Gasteiger partial charge in [-0.3, -0.25) is 24.1 Å². The van der Waals surface area contributed by atoms with Crippen LogP contribution in [-0.2, 0) is 19.2 Å². The first-order valence-corrected chi connectivity index (χ1v) is 13.7. The lowest BCUT2D eigenvalue weighted by atomic mass is 9.78. The summed E-state index contributed by atoms with van der Waals surface area (Å²) in [5, 5.41) is 0. The van der Waals surface area contributed by atoms with Crippen LogP contribution in [0.5, 0.6) is 0 Å². The molecule has 2 heterocycles. The molecule has 0 aromatic carbocycles. The number of amides is 3. The Morgan fingerprint density at radius 2 is 1.56 bits per heavy atom. The SMILES string of the molecule is C[C@H]1CCN(C(=O)CCCCCCC(=O)C2CCC(CN3C(=O)CC(C(C)(C)C)C3=O)CC2)C1. The zero-order valence-electron chi connectivity index (χ0n) is 21.9. The molecule has 3 fully saturated rings. The summed E-state index contributed by atoms with van der Waals surface area (Å²) in [6.45, 7) is 10.6. The molecule has 0 N–H and O–H groups in total. The molecule has 3 amide bonds. The standard InChI is InChI=1S/C28H46N2O4/c1-20-15-16-29(18-20)25(32)10-8-6-5-7-9-24(31)22-13-11-21(12-14-22)19-30-26(33)17-23(27(30)34)28(2,3)4/h20-23H,5-19H2,1-4H3/t20-,21?,22?,23?/m0/s1. The molecule has 192 valence electrons. The zero-order chi connectivity index (χ0) is 24.9. The van der Waals surface area contributed by atoms with E-state index in [1.54, 1.807) is 0 Å². The van der Waals surface area contributed by atoms with Crippen LogP contribution in [0.1, 0.15) is 105 Å². The first-order chi connectivity index (χ1) is 16.1. The van der Waals surface area contributed by atoms with Crippen molar-refractivity contribution in [2.24, 2.45) is 29.1 Å². The molecule has 3 aliphatic rings. The summed E-state index contributed by atoms with van der Waals surface area (Å²) in [7, 11) is 0. The summed E-state index contributed by atoms with van der Waals surface area (Å²) < 4.78 is 0. The van der Waals surface area contributed by atoms with Gasteiger partial charge in [0.25, 0.3) is 0 Å². The first kappa shape index (κ1) is 26.9. The highest BCUT2D eigenvalue weighted by molar-refractivity contribution is 6.03.